The molecule has 1 amide bonds. The average molecular weight is 378 g/mol. The molecule has 0 atom stereocenters. The fourth-order valence-electron chi connectivity index (χ4n) is 2.56. The van der Waals surface area contributed by atoms with Gasteiger partial charge in [0.2, 0.25) is 0 Å². The van der Waals surface area contributed by atoms with E-state index in [9.17, 15) is 14.9 Å². The number of primary amides is 1. The summed E-state index contributed by atoms with van der Waals surface area (Å²) < 4.78 is 0. The van der Waals surface area contributed by atoms with Gasteiger partial charge in [0.25, 0.3) is 11.6 Å². The lowest BCUT2D eigenvalue weighted by Gasteiger charge is -2.13. The number of nitrogens with two attached hydrogens (primary N) is 2. The second-order valence-electron chi connectivity index (χ2n) is 6.01. The topological polar surface area (TPSA) is 149 Å². The maximum Gasteiger partial charge on any atom is 0.269 e. The summed E-state index contributed by atoms with van der Waals surface area (Å²) in [6.07, 6.45) is 1.37. The highest BCUT2D eigenvalue weighted by Gasteiger charge is 2.12. The van der Waals surface area contributed by atoms with Crippen LogP contribution >= 0.6 is 0 Å². The van der Waals surface area contributed by atoms with Crippen molar-refractivity contribution in [1.82, 2.24) is 4.98 Å². The smallest absolute Gasteiger partial charge is 0.269 e. The van der Waals surface area contributed by atoms with Gasteiger partial charge in [-0.05, 0) is 29.8 Å². The van der Waals surface area contributed by atoms with Crippen molar-refractivity contribution in [3.05, 3.63) is 82.0 Å². The summed E-state index contributed by atoms with van der Waals surface area (Å²) in [6.45, 7) is 0.271. The molecule has 3 rings (SSSR count). The third kappa shape index (κ3) is 4.52. The molecule has 0 unspecified atom stereocenters. The van der Waals surface area contributed by atoms with Gasteiger partial charge < -0.3 is 22.1 Å². The Balaban J connectivity index is 1.81. The molecule has 0 spiro atoms. The van der Waals surface area contributed by atoms with Gasteiger partial charge in [0, 0.05) is 42.3 Å². The molecule has 0 aliphatic carbocycles. The molecule has 28 heavy (non-hydrogen) atoms. The fraction of sp³-hybridized carbons (Fsp3) is 0.0526. The van der Waals surface area contributed by atoms with Gasteiger partial charge in [0.15, 0.2) is 0 Å². The monoisotopic (exact) mass is 378 g/mol. The van der Waals surface area contributed by atoms with Crippen LogP contribution in [-0.4, -0.2) is 15.8 Å². The number of hydrogen-bond acceptors (Lipinski definition) is 7. The molecule has 1 aromatic heterocycles. The second kappa shape index (κ2) is 8.04. The van der Waals surface area contributed by atoms with E-state index in [-0.39, 0.29) is 17.8 Å². The van der Waals surface area contributed by atoms with Crippen molar-refractivity contribution >= 4 is 34.5 Å². The van der Waals surface area contributed by atoms with E-state index in [1.54, 1.807) is 42.5 Å². The lowest BCUT2D eigenvalue weighted by Crippen LogP contribution is -2.15. The van der Waals surface area contributed by atoms with Gasteiger partial charge in [-0.2, -0.15) is 0 Å². The number of nitrogen functional groups attached to an aromatic ring is 1. The van der Waals surface area contributed by atoms with Gasteiger partial charge in [0.05, 0.1) is 16.2 Å². The van der Waals surface area contributed by atoms with Crippen LogP contribution in [0.2, 0.25) is 0 Å². The lowest BCUT2D eigenvalue weighted by atomic mass is 10.1. The van der Waals surface area contributed by atoms with Gasteiger partial charge in [-0.15, -0.1) is 0 Å². The largest absolute Gasteiger partial charge is 0.399 e. The maximum absolute atomic E-state index is 11.7. The normalized spacial score (nSPS) is 10.3. The molecular formula is C19H18N6O3. The van der Waals surface area contributed by atoms with Gasteiger partial charge in [-0.25, -0.2) is 4.98 Å². The molecular weight excluding hydrogens is 360 g/mol. The number of hydrogen-bond donors (Lipinski definition) is 4. The molecule has 0 bridgehead atoms. The number of pyridine rings is 1. The van der Waals surface area contributed by atoms with Crippen LogP contribution in [0.25, 0.3) is 0 Å². The molecule has 0 fully saturated rings. The van der Waals surface area contributed by atoms with E-state index >= 15 is 0 Å². The molecule has 1 heterocycles. The van der Waals surface area contributed by atoms with Crippen molar-refractivity contribution in [2.45, 2.75) is 6.54 Å². The zero-order valence-corrected chi connectivity index (χ0v) is 14.8. The zero-order chi connectivity index (χ0) is 20.1. The minimum Gasteiger partial charge on any atom is -0.399 e. The number of aromatic nitrogens is 1. The first kappa shape index (κ1) is 18.6. The molecule has 3 aromatic rings. The number of amides is 1. The molecule has 0 aliphatic heterocycles. The Morgan fingerprint density at radius 2 is 1.89 bits per heavy atom. The Morgan fingerprint density at radius 3 is 2.57 bits per heavy atom. The van der Waals surface area contributed by atoms with E-state index in [1.807, 2.05) is 0 Å². The molecule has 2 aromatic carbocycles. The standard InChI is InChI=1S/C19H18N6O3/c20-13-4-6-14(7-5-13)24-18-9-17(16(11-23-18)19(21)26)22-10-12-2-1-3-15(8-12)25(27)28/h1-9,11H,10,20H2,(H2,21,26)(H2,22,23,24). The summed E-state index contributed by atoms with van der Waals surface area (Å²) >= 11 is 0. The van der Waals surface area contributed by atoms with Gasteiger partial charge in [-0.1, -0.05) is 12.1 Å². The summed E-state index contributed by atoms with van der Waals surface area (Å²) in [5, 5.41) is 17.1. The molecule has 6 N–H and O–H groups in total. The van der Waals surface area contributed by atoms with Crippen molar-refractivity contribution in [2.24, 2.45) is 5.73 Å². The Hall–Kier alpha value is -4.14. The number of carbonyl (C=O) groups is 1. The summed E-state index contributed by atoms with van der Waals surface area (Å²) in [5.74, 6) is -0.135. The predicted molar refractivity (Wildman–Crippen MR) is 107 cm³/mol. The van der Waals surface area contributed by atoms with Gasteiger partial charge in [0.1, 0.15) is 5.82 Å². The Morgan fingerprint density at radius 1 is 1.14 bits per heavy atom. The number of anilines is 4. The highest BCUT2D eigenvalue weighted by Crippen LogP contribution is 2.23. The van der Waals surface area contributed by atoms with E-state index in [0.29, 0.717) is 22.8 Å². The van der Waals surface area contributed by atoms with Crippen LogP contribution in [0.1, 0.15) is 15.9 Å². The number of benzene rings is 2. The summed E-state index contributed by atoms with van der Waals surface area (Å²) in [6, 6.07) is 15.0. The number of nitro groups is 1. The first-order chi connectivity index (χ1) is 13.4. The van der Waals surface area contributed by atoms with Crippen LogP contribution in [-0.2, 0) is 6.54 Å². The van der Waals surface area contributed by atoms with Crippen LogP contribution in [0.15, 0.2) is 60.8 Å². The van der Waals surface area contributed by atoms with Crippen molar-refractivity contribution < 1.29 is 9.72 Å². The van der Waals surface area contributed by atoms with Crippen molar-refractivity contribution in [1.29, 1.82) is 0 Å². The van der Waals surface area contributed by atoms with Crippen LogP contribution in [0.5, 0.6) is 0 Å². The number of non-ortho nitro benzene ring substituents is 1. The average Bonchev–Trinajstić information content (AvgIpc) is 2.68. The lowest BCUT2D eigenvalue weighted by molar-refractivity contribution is -0.384. The minimum atomic E-state index is -0.631. The fourth-order valence-corrected chi connectivity index (χ4v) is 2.56. The number of nitrogens with zero attached hydrogens (tertiary/aromatic N) is 2. The van der Waals surface area contributed by atoms with Crippen LogP contribution < -0.4 is 22.1 Å². The molecule has 0 radical (unpaired) electrons. The second-order valence-corrected chi connectivity index (χ2v) is 6.01. The SMILES string of the molecule is NC(=O)c1cnc(Nc2ccc(N)cc2)cc1NCc1cccc([N+](=O)[O-])c1. The van der Waals surface area contributed by atoms with E-state index in [0.717, 1.165) is 5.69 Å². The van der Waals surface area contributed by atoms with E-state index in [1.165, 1.54) is 18.3 Å². The Kier molecular flexibility index (Phi) is 5.35. The maximum atomic E-state index is 11.7. The predicted octanol–water partition coefficient (Wildman–Crippen LogP) is 3.03. The van der Waals surface area contributed by atoms with Crippen LogP contribution in [0, 0.1) is 10.1 Å². The van der Waals surface area contributed by atoms with Gasteiger partial charge in [-0.3, -0.25) is 14.9 Å². The van der Waals surface area contributed by atoms with E-state index in [2.05, 4.69) is 15.6 Å². The summed E-state index contributed by atoms with van der Waals surface area (Å²) in [7, 11) is 0. The zero-order valence-electron chi connectivity index (χ0n) is 14.8. The van der Waals surface area contributed by atoms with Crippen molar-refractivity contribution in [3.63, 3.8) is 0 Å². The number of nitro benzene ring substituents is 1. The van der Waals surface area contributed by atoms with E-state index in [4.69, 9.17) is 11.5 Å². The molecule has 0 saturated heterocycles. The highest BCUT2D eigenvalue weighted by atomic mass is 16.6. The highest BCUT2D eigenvalue weighted by molar-refractivity contribution is 5.98. The van der Waals surface area contributed by atoms with E-state index < -0.39 is 10.8 Å². The molecule has 0 aliphatic rings. The first-order valence-electron chi connectivity index (χ1n) is 8.32. The number of carbonyl (C=O) groups excluding carboxylic acids is 1. The molecule has 9 nitrogen and oxygen atoms in total. The Bertz CT molecular complexity index is 1020. The molecule has 142 valence electrons. The molecule has 0 saturated carbocycles. The van der Waals surface area contributed by atoms with Gasteiger partial charge >= 0.3 is 0 Å². The third-order valence-corrected chi connectivity index (χ3v) is 3.96. The quantitative estimate of drug-likeness (QED) is 0.280. The number of nitrogens with one attached hydrogen (secondary N) is 2. The Labute approximate surface area is 160 Å². The summed E-state index contributed by atoms with van der Waals surface area (Å²) in [5.41, 5.74) is 13.9. The first-order valence-corrected chi connectivity index (χ1v) is 8.32. The van der Waals surface area contributed by atoms with Crippen molar-refractivity contribution in [2.75, 3.05) is 16.4 Å². The number of rotatable bonds is 7. The molecule has 9 heteroatoms. The third-order valence-electron chi connectivity index (χ3n) is 3.96. The minimum absolute atomic E-state index is 0.00476. The summed E-state index contributed by atoms with van der Waals surface area (Å²) in [4.78, 5) is 26.4. The van der Waals surface area contributed by atoms with Crippen LogP contribution in [0.4, 0.5) is 28.6 Å². The van der Waals surface area contributed by atoms with Crippen LogP contribution in [0.3, 0.4) is 0 Å². The van der Waals surface area contributed by atoms with Crippen molar-refractivity contribution in [3.8, 4) is 0 Å².